The number of carbonyl (C=O) groups is 1. The van der Waals surface area contributed by atoms with Crippen LogP contribution in [-0.4, -0.2) is 28.4 Å². The highest BCUT2D eigenvalue weighted by Gasteiger charge is 2.31. The predicted molar refractivity (Wildman–Crippen MR) is 117 cm³/mol. The summed E-state index contributed by atoms with van der Waals surface area (Å²) in [6.07, 6.45) is 9.54. The highest BCUT2D eigenvalue weighted by atomic mass is 35.5. The number of aromatic nitrogens is 1. The number of piperidine rings is 1. The van der Waals surface area contributed by atoms with Crippen LogP contribution in [0.15, 0.2) is 48.7 Å². The fourth-order valence-electron chi connectivity index (χ4n) is 4.47. The summed E-state index contributed by atoms with van der Waals surface area (Å²) >= 11 is 6.20. The summed E-state index contributed by atoms with van der Waals surface area (Å²) in [7, 11) is 0. The molecule has 1 amide bonds. The molecule has 2 aliphatic rings. The average Bonchev–Trinajstić information content (AvgIpc) is 2.68. The molecule has 1 aromatic heterocycles. The number of hydrogen-bond acceptors (Lipinski definition) is 3. The van der Waals surface area contributed by atoms with Gasteiger partial charge in [0.25, 0.3) is 0 Å². The van der Waals surface area contributed by atoms with Gasteiger partial charge in [-0.25, -0.2) is 0 Å². The van der Waals surface area contributed by atoms with E-state index in [-0.39, 0.29) is 17.9 Å². The van der Waals surface area contributed by atoms with E-state index in [0.717, 1.165) is 49.5 Å². The largest absolute Gasteiger partial charge is 0.347 e. The zero-order chi connectivity index (χ0) is 20.1. The Bertz CT molecular complexity index is 809. The Balaban J connectivity index is 1.48. The number of nitrogens with zero attached hydrogens (tertiary/aromatic N) is 2. The zero-order valence-electron chi connectivity index (χ0n) is 16.9. The zero-order valence-corrected chi connectivity index (χ0v) is 17.7. The first-order chi connectivity index (χ1) is 14.2. The Morgan fingerprint density at radius 3 is 2.76 bits per heavy atom. The summed E-state index contributed by atoms with van der Waals surface area (Å²) in [5, 5.41) is 4.11. The molecule has 1 saturated heterocycles. The Kier molecular flexibility index (Phi) is 6.83. The van der Waals surface area contributed by atoms with Crippen molar-refractivity contribution in [3.8, 4) is 0 Å². The molecule has 2 aromatic rings. The number of nitrogens with one attached hydrogen (secondary N) is 1. The lowest BCUT2D eigenvalue weighted by Gasteiger charge is -2.38. The molecule has 2 heterocycles. The number of benzene rings is 1. The number of amides is 1. The van der Waals surface area contributed by atoms with Crippen molar-refractivity contribution < 1.29 is 4.79 Å². The van der Waals surface area contributed by atoms with Gasteiger partial charge in [-0.2, -0.15) is 0 Å². The van der Waals surface area contributed by atoms with Crippen LogP contribution in [0.3, 0.4) is 0 Å². The Morgan fingerprint density at radius 1 is 1.14 bits per heavy atom. The second-order valence-corrected chi connectivity index (χ2v) is 8.87. The van der Waals surface area contributed by atoms with Gasteiger partial charge in [0.05, 0.1) is 11.7 Å². The molecular weight excluding hydrogens is 382 g/mol. The maximum atomic E-state index is 12.7. The summed E-state index contributed by atoms with van der Waals surface area (Å²) in [6.45, 7) is 1.99. The van der Waals surface area contributed by atoms with Crippen LogP contribution in [0.25, 0.3) is 0 Å². The van der Waals surface area contributed by atoms with E-state index in [1.165, 1.54) is 24.8 Å². The first-order valence-corrected chi connectivity index (χ1v) is 11.3. The molecule has 1 N–H and O–H groups in total. The van der Waals surface area contributed by atoms with E-state index in [4.69, 9.17) is 11.6 Å². The van der Waals surface area contributed by atoms with Crippen LogP contribution in [0.5, 0.6) is 0 Å². The normalized spacial score (nSPS) is 21.3. The molecule has 154 valence electrons. The number of likely N-dealkylation sites (tertiary alicyclic amines) is 1. The molecule has 2 atom stereocenters. The van der Waals surface area contributed by atoms with Gasteiger partial charge in [-0.15, -0.1) is 0 Å². The van der Waals surface area contributed by atoms with Gasteiger partial charge in [0.15, 0.2) is 0 Å². The van der Waals surface area contributed by atoms with Crippen molar-refractivity contribution >= 4 is 17.5 Å². The number of halogens is 1. The molecule has 29 heavy (non-hydrogen) atoms. The van der Waals surface area contributed by atoms with Crippen LogP contribution in [0.2, 0.25) is 5.02 Å². The molecule has 0 spiro atoms. The first kappa shape index (κ1) is 20.4. The van der Waals surface area contributed by atoms with Gasteiger partial charge in [0, 0.05) is 29.7 Å². The smallest absolute Gasteiger partial charge is 0.223 e. The van der Waals surface area contributed by atoms with E-state index >= 15 is 0 Å². The summed E-state index contributed by atoms with van der Waals surface area (Å²) in [5.74, 6) is 0.388. The molecule has 2 fully saturated rings. The predicted octanol–water partition coefficient (Wildman–Crippen LogP) is 5.14. The second-order valence-electron chi connectivity index (χ2n) is 8.43. The van der Waals surface area contributed by atoms with Gasteiger partial charge in [-0.05, 0) is 68.5 Å². The van der Waals surface area contributed by atoms with Crippen molar-refractivity contribution in [2.75, 3.05) is 6.54 Å². The molecule has 1 aliphatic carbocycles. The van der Waals surface area contributed by atoms with Crippen LogP contribution in [0, 0.1) is 5.92 Å². The maximum Gasteiger partial charge on any atom is 0.223 e. The minimum atomic E-state index is -0.0331. The van der Waals surface area contributed by atoms with Crippen LogP contribution in [0.4, 0.5) is 0 Å². The molecular formula is C24H30ClN3O. The van der Waals surface area contributed by atoms with Crippen LogP contribution in [-0.2, 0) is 11.3 Å². The second kappa shape index (κ2) is 9.73. The maximum absolute atomic E-state index is 12.7. The van der Waals surface area contributed by atoms with Gasteiger partial charge in [-0.1, -0.05) is 42.6 Å². The minimum Gasteiger partial charge on any atom is -0.347 e. The standard InChI is InChI=1S/C24H30ClN3O/c25-20-10-5-7-18(15-20)17-28-14-4-2-11-21(28)16-23(22-12-1-3-13-26-22)27-24(29)19-8-6-9-19/h1,3,5,7,10,12-13,15,19,21,23H,2,4,6,8-9,11,14,16-17H2,(H,27,29)/t21-,23+/m0/s1. The molecule has 1 aliphatic heterocycles. The fraction of sp³-hybridized carbons (Fsp3) is 0.500. The van der Waals surface area contributed by atoms with Crippen molar-refractivity contribution in [3.63, 3.8) is 0 Å². The summed E-state index contributed by atoms with van der Waals surface area (Å²) in [4.78, 5) is 19.8. The van der Waals surface area contributed by atoms with Crippen molar-refractivity contribution in [3.05, 3.63) is 64.9 Å². The molecule has 0 bridgehead atoms. The lowest BCUT2D eigenvalue weighted by molar-refractivity contribution is -0.128. The fourth-order valence-corrected chi connectivity index (χ4v) is 4.69. The SMILES string of the molecule is O=C(N[C@H](C[C@@H]1CCCCN1Cc1cccc(Cl)c1)c1ccccn1)C1CCC1. The summed E-state index contributed by atoms with van der Waals surface area (Å²) in [5.41, 5.74) is 2.21. The summed E-state index contributed by atoms with van der Waals surface area (Å²) < 4.78 is 0. The highest BCUT2D eigenvalue weighted by molar-refractivity contribution is 6.30. The number of pyridine rings is 1. The van der Waals surface area contributed by atoms with E-state index in [1.807, 2.05) is 36.5 Å². The van der Waals surface area contributed by atoms with E-state index in [9.17, 15) is 4.79 Å². The van der Waals surface area contributed by atoms with E-state index in [1.54, 1.807) is 0 Å². The number of rotatable bonds is 7. The molecule has 5 heteroatoms. The van der Waals surface area contributed by atoms with Crippen molar-refractivity contribution in [1.29, 1.82) is 0 Å². The Labute approximate surface area is 178 Å². The Morgan fingerprint density at radius 2 is 2.03 bits per heavy atom. The first-order valence-electron chi connectivity index (χ1n) is 10.9. The van der Waals surface area contributed by atoms with Gasteiger partial charge < -0.3 is 5.32 Å². The third-order valence-corrected chi connectivity index (χ3v) is 6.60. The van der Waals surface area contributed by atoms with Gasteiger partial charge in [0.1, 0.15) is 0 Å². The van der Waals surface area contributed by atoms with Crippen LogP contribution >= 0.6 is 11.6 Å². The lowest BCUT2D eigenvalue weighted by Crippen LogP contribution is -2.44. The highest BCUT2D eigenvalue weighted by Crippen LogP contribution is 2.30. The molecule has 0 unspecified atom stereocenters. The third-order valence-electron chi connectivity index (χ3n) is 6.37. The quantitative estimate of drug-likeness (QED) is 0.686. The molecule has 1 aromatic carbocycles. The topological polar surface area (TPSA) is 45.2 Å². The third kappa shape index (κ3) is 5.37. The Hall–Kier alpha value is -1.91. The molecule has 4 rings (SSSR count). The van der Waals surface area contributed by atoms with Gasteiger partial charge >= 0.3 is 0 Å². The summed E-state index contributed by atoms with van der Waals surface area (Å²) in [6, 6.07) is 14.5. The van der Waals surface area contributed by atoms with Crippen molar-refractivity contribution in [1.82, 2.24) is 15.2 Å². The lowest BCUT2D eigenvalue weighted by atomic mass is 9.84. The molecule has 4 nitrogen and oxygen atoms in total. The van der Waals surface area contributed by atoms with Crippen molar-refractivity contribution in [2.24, 2.45) is 5.92 Å². The monoisotopic (exact) mass is 411 g/mol. The molecule has 1 saturated carbocycles. The van der Waals surface area contributed by atoms with Gasteiger partial charge in [-0.3, -0.25) is 14.7 Å². The van der Waals surface area contributed by atoms with Crippen LogP contribution < -0.4 is 5.32 Å². The van der Waals surface area contributed by atoms with Crippen molar-refractivity contribution in [2.45, 2.75) is 63.6 Å². The minimum absolute atomic E-state index is 0.0331. The van der Waals surface area contributed by atoms with E-state index < -0.39 is 0 Å². The van der Waals surface area contributed by atoms with Crippen LogP contribution in [0.1, 0.15) is 62.2 Å². The average molecular weight is 412 g/mol. The molecule has 0 radical (unpaired) electrons. The van der Waals surface area contributed by atoms with E-state index in [0.29, 0.717) is 6.04 Å². The van der Waals surface area contributed by atoms with Gasteiger partial charge in [0.2, 0.25) is 5.91 Å². The number of hydrogen-bond donors (Lipinski definition) is 1. The van der Waals surface area contributed by atoms with E-state index in [2.05, 4.69) is 27.3 Å². The number of carbonyl (C=O) groups excluding carboxylic acids is 1.